The van der Waals surface area contributed by atoms with Crippen molar-refractivity contribution in [1.29, 1.82) is 0 Å². The molecule has 3 aromatic rings. The topological polar surface area (TPSA) is 65.0 Å². The van der Waals surface area contributed by atoms with Gasteiger partial charge in [0.05, 0.1) is 17.7 Å². The zero-order valence-corrected chi connectivity index (χ0v) is 13.0. The van der Waals surface area contributed by atoms with Gasteiger partial charge in [0.1, 0.15) is 0 Å². The first-order chi connectivity index (χ1) is 10.3. The Labute approximate surface area is 130 Å². The lowest BCUT2D eigenvalue weighted by molar-refractivity contribution is 0.426. The molecule has 108 valence electrons. The van der Waals surface area contributed by atoms with E-state index >= 15 is 0 Å². The molecule has 0 saturated carbocycles. The normalized spacial score (nSPS) is 10.9. The minimum atomic E-state index is 0.540. The highest BCUT2D eigenvalue weighted by Crippen LogP contribution is 2.25. The molecular weight excluding hydrogens is 306 g/mol. The maximum Gasteiger partial charge on any atom is 0.277 e. The summed E-state index contributed by atoms with van der Waals surface area (Å²) in [5, 5.41) is 8.48. The van der Waals surface area contributed by atoms with Crippen LogP contribution in [-0.4, -0.2) is 21.4 Å². The Balaban J connectivity index is 1.62. The van der Waals surface area contributed by atoms with E-state index in [0.29, 0.717) is 22.8 Å². The highest BCUT2D eigenvalue weighted by atomic mass is 32.2. The minimum absolute atomic E-state index is 0.540. The molecule has 2 aromatic heterocycles. The molecule has 0 aliphatic carbocycles. The van der Waals surface area contributed by atoms with Gasteiger partial charge in [-0.3, -0.25) is 0 Å². The van der Waals surface area contributed by atoms with E-state index in [1.54, 1.807) is 18.0 Å². The third kappa shape index (κ3) is 3.68. The molecule has 0 fully saturated rings. The van der Waals surface area contributed by atoms with Crippen LogP contribution in [0.2, 0.25) is 0 Å². The molecule has 0 radical (unpaired) electrons. The van der Waals surface area contributed by atoms with Gasteiger partial charge in [0.15, 0.2) is 5.76 Å². The van der Waals surface area contributed by atoms with Crippen LogP contribution < -0.4 is 0 Å². The van der Waals surface area contributed by atoms with Crippen molar-refractivity contribution < 1.29 is 8.83 Å². The fourth-order valence-electron chi connectivity index (χ4n) is 1.71. The van der Waals surface area contributed by atoms with Gasteiger partial charge < -0.3 is 8.83 Å². The number of aromatic nitrogens is 3. The molecule has 0 spiro atoms. The van der Waals surface area contributed by atoms with E-state index in [1.165, 1.54) is 11.8 Å². The largest absolute Gasteiger partial charge is 0.440 e. The second-order valence-corrected chi connectivity index (χ2v) is 5.96. The lowest BCUT2D eigenvalue weighted by atomic mass is 10.2. The van der Waals surface area contributed by atoms with Gasteiger partial charge in [0.25, 0.3) is 5.22 Å². The van der Waals surface area contributed by atoms with Gasteiger partial charge in [-0.2, -0.15) is 11.8 Å². The maximum atomic E-state index is 5.72. The number of hydrogen-bond donors (Lipinski definition) is 0. The second-order valence-electron chi connectivity index (χ2n) is 4.17. The van der Waals surface area contributed by atoms with Crippen molar-refractivity contribution in [2.24, 2.45) is 0 Å². The van der Waals surface area contributed by atoms with Gasteiger partial charge in [0, 0.05) is 5.56 Å². The van der Waals surface area contributed by atoms with E-state index in [1.807, 2.05) is 36.6 Å². The molecule has 0 N–H and O–H groups in total. The van der Waals surface area contributed by atoms with E-state index in [4.69, 9.17) is 8.83 Å². The minimum Gasteiger partial charge on any atom is -0.440 e. The summed E-state index contributed by atoms with van der Waals surface area (Å²) in [6, 6.07) is 9.89. The molecule has 0 saturated heterocycles. The zero-order chi connectivity index (χ0) is 14.5. The first kappa shape index (κ1) is 14.2. The van der Waals surface area contributed by atoms with Crippen LogP contribution >= 0.6 is 23.5 Å². The molecule has 0 atom stereocenters. The summed E-state index contributed by atoms with van der Waals surface area (Å²) in [6.45, 7) is 0. The van der Waals surface area contributed by atoms with Gasteiger partial charge in [-0.05, 0) is 6.26 Å². The average molecular weight is 319 g/mol. The quantitative estimate of drug-likeness (QED) is 0.639. The van der Waals surface area contributed by atoms with Crippen LogP contribution in [0, 0.1) is 0 Å². The van der Waals surface area contributed by atoms with Crippen LogP contribution in [0.5, 0.6) is 0 Å². The predicted octanol–water partition coefficient (Wildman–Crippen LogP) is 3.88. The molecule has 0 aliphatic heterocycles. The van der Waals surface area contributed by atoms with Crippen molar-refractivity contribution in [3.63, 3.8) is 0 Å². The maximum absolute atomic E-state index is 5.72. The van der Waals surface area contributed by atoms with Gasteiger partial charge in [-0.25, -0.2) is 4.98 Å². The Bertz CT molecular complexity index is 697. The summed E-state index contributed by atoms with van der Waals surface area (Å²) in [7, 11) is 0. The summed E-state index contributed by atoms with van der Waals surface area (Å²) in [5.74, 6) is 3.34. The molecule has 0 unspecified atom stereocenters. The van der Waals surface area contributed by atoms with Crippen molar-refractivity contribution in [1.82, 2.24) is 15.2 Å². The average Bonchev–Trinajstić information content (AvgIpc) is 3.16. The Morgan fingerprint density at radius 1 is 1.00 bits per heavy atom. The molecule has 1 aromatic carbocycles. The highest BCUT2D eigenvalue weighted by molar-refractivity contribution is 7.98. The SMILES string of the molecule is CSCc1nnc(SCc2ncc(-c3ccccc3)o2)o1. The van der Waals surface area contributed by atoms with E-state index in [9.17, 15) is 0 Å². The standard InChI is InChI=1S/C14H13N3O2S2/c1-20-8-13-16-17-14(19-13)21-9-12-15-7-11(18-12)10-5-3-2-4-6-10/h2-7H,8-9H2,1H3. The molecule has 0 aliphatic rings. The molecular formula is C14H13N3O2S2. The lowest BCUT2D eigenvalue weighted by Crippen LogP contribution is -1.79. The highest BCUT2D eigenvalue weighted by Gasteiger charge is 2.10. The lowest BCUT2D eigenvalue weighted by Gasteiger charge is -1.94. The predicted molar refractivity (Wildman–Crippen MR) is 83.0 cm³/mol. The smallest absolute Gasteiger partial charge is 0.277 e. The van der Waals surface area contributed by atoms with Crippen molar-refractivity contribution in [3.05, 3.63) is 48.3 Å². The van der Waals surface area contributed by atoms with Crippen molar-refractivity contribution in [2.75, 3.05) is 6.26 Å². The van der Waals surface area contributed by atoms with Crippen molar-refractivity contribution >= 4 is 23.5 Å². The summed E-state index contributed by atoms with van der Waals surface area (Å²) in [4.78, 5) is 4.27. The number of hydrogen-bond acceptors (Lipinski definition) is 7. The van der Waals surface area contributed by atoms with Gasteiger partial charge in [-0.15, -0.1) is 10.2 Å². The van der Waals surface area contributed by atoms with Crippen LogP contribution in [-0.2, 0) is 11.5 Å². The number of benzene rings is 1. The molecule has 5 nitrogen and oxygen atoms in total. The zero-order valence-electron chi connectivity index (χ0n) is 11.4. The van der Waals surface area contributed by atoms with Crippen LogP contribution in [0.4, 0.5) is 0 Å². The Kier molecular flexibility index (Phi) is 4.62. The van der Waals surface area contributed by atoms with Crippen LogP contribution in [0.15, 0.2) is 50.6 Å². The first-order valence-electron chi connectivity index (χ1n) is 6.29. The first-order valence-corrected chi connectivity index (χ1v) is 8.67. The second kappa shape index (κ2) is 6.82. The van der Waals surface area contributed by atoms with E-state index in [-0.39, 0.29) is 0 Å². The number of nitrogens with zero attached hydrogens (tertiary/aromatic N) is 3. The Morgan fingerprint density at radius 3 is 2.67 bits per heavy atom. The summed E-state index contributed by atoms with van der Waals surface area (Å²) < 4.78 is 11.2. The van der Waals surface area contributed by atoms with E-state index in [2.05, 4.69) is 15.2 Å². The Morgan fingerprint density at radius 2 is 1.86 bits per heavy atom. The monoisotopic (exact) mass is 319 g/mol. The molecule has 21 heavy (non-hydrogen) atoms. The molecule has 7 heteroatoms. The fourth-order valence-corrected chi connectivity index (χ4v) is 2.71. The van der Waals surface area contributed by atoms with Crippen LogP contribution in [0.3, 0.4) is 0 Å². The number of thioether (sulfide) groups is 2. The van der Waals surface area contributed by atoms with Crippen LogP contribution in [0.25, 0.3) is 11.3 Å². The Hall–Kier alpha value is -1.73. The van der Waals surface area contributed by atoms with Gasteiger partial charge in [-0.1, -0.05) is 42.1 Å². The van der Waals surface area contributed by atoms with Crippen LogP contribution in [0.1, 0.15) is 11.8 Å². The summed E-state index contributed by atoms with van der Waals surface area (Å²) >= 11 is 3.07. The van der Waals surface area contributed by atoms with Crippen molar-refractivity contribution in [2.45, 2.75) is 16.7 Å². The van der Waals surface area contributed by atoms with Gasteiger partial charge >= 0.3 is 0 Å². The number of oxazole rings is 1. The third-order valence-electron chi connectivity index (χ3n) is 2.65. The molecule has 3 rings (SSSR count). The molecule has 2 heterocycles. The number of rotatable bonds is 6. The van der Waals surface area contributed by atoms with Crippen molar-refractivity contribution in [3.8, 4) is 11.3 Å². The third-order valence-corrected chi connectivity index (χ3v) is 3.99. The summed E-state index contributed by atoms with van der Waals surface area (Å²) in [6.07, 6.45) is 3.73. The molecule has 0 bridgehead atoms. The fraction of sp³-hybridized carbons (Fsp3) is 0.214. The summed E-state index contributed by atoms with van der Waals surface area (Å²) in [5.41, 5.74) is 1.02. The van der Waals surface area contributed by atoms with E-state index in [0.717, 1.165) is 17.1 Å². The van der Waals surface area contributed by atoms with Gasteiger partial charge in [0.2, 0.25) is 11.8 Å². The molecule has 0 amide bonds. The van der Waals surface area contributed by atoms with E-state index < -0.39 is 0 Å².